The van der Waals surface area contributed by atoms with Crippen molar-refractivity contribution in [2.24, 2.45) is 0 Å². The van der Waals surface area contributed by atoms with E-state index in [1.54, 1.807) is 6.07 Å². The molecular weight excluding hydrogens is 280 g/mol. The van der Waals surface area contributed by atoms with E-state index >= 15 is 0 Å². The number of hydrogen-bond donors (Lipinski definition) is 0. The van der Waals surface area contributed by atoms with Crippen molar-refractivity contribution in [1.29, 1.82) is 0 Å². The molecule has 1 aromatic carbocycles. The molecule has 2 aromatic rings. The summed E-state index contributed by atoms with van der Waals surface area (Å²) in [7, 11) is 4.03. The van der Waals surface area contributed by atoms with E-state index in [0.29, 0.717) is 11.0 Å². The second-order valence-corrected chi connectivity index (χ2v) is 4.87. The Morgan fingerprint density at radius 1 is 1.40 bits per heavy atom. The number of non-ortho nitro benzene ring substituents is 1. The molecule has 0 bridgehead atoms. The second-order valence-electron chi connectivity index (χ2n) is 4.87. The van der Waals surface area contributed by atoms with Crippen LogP contribution in [0.25, 0.3) is 11.0 Å². The van der Waals surface area contributed by atoms with Gasteiger partial charge in [0.15, 0.2) is 0 Å². The molecule has 0 saturated carbocycles. The third-order valence-electron chi connectivity index (χ3n) is 3.12. The van der Waals surface area contributed by atoms with Crippen molar-refractivity contribution < 1.29 is 17.3 Å². The van der Waals surface area contributed by atoms with Gasteiger partial charge in [-0.1, -0.05) is 6.07 Å². The van der Waals surface area contributed by atoms with Gasteiger partial charge in [0.1, 0.15) is 11.3 Å². The van der Waals surface area contributed by atoms with Crippen molar-refractivity contribution in [2.75, 3.05) is 20.6 Å². The number of rotatable bonds is 5. The Hall–Kier alpha value is -1.66. The third kappa shape index (κ3) is 3.26. The summed E-state index contributed by atoms with van der Waals surface area (Å²) in [6.07, 6.45) is 0.936. The molecule has 0 aliphatic heterocycles. The molecule has 0 N–H and O–H groups in total. The van der Waals surface area contributed by atoms with Crippen molar-refractivity contribution in [2.45, 2.75) is 19.9 Å². The fraction of sp³-hybridized carbons (Fsp3) is 0.462. The number of nitro groups is 1. The van der Waals surface area contributed by atoms with Crippen LogP contribution in [-0.4, -0.2) is 40.0 Å². The van der Waals surface area contributed by atoms with Crippen LogP contribution in [0.5, 0.6) is 0 Å². The fourth-order valence-corrected chi connectivity index (χ4v) is 2.25. The Balaban J connectivity index is 0.00000200. The summed E-state index contributed by atoms with van der Waals surface area (Å²) in [4.78, 5) is 17.3. The van der Waals surface area contributed by atoms with Crippen molar-refractivity contribution in [3.8, 4) is 0 Å². The molecule has 0 atom stereocenters. The average Bonchev–Trinajstić information content (AvgIpc) is 2.65. The molecule has 20 heavy (non-hydrogen) atoms. The SMILES string of the molecule is Cc1nc2cccc([N+](=O)[O-])c2n1CCCN(C)C.[Cl-]. The first kappa shape index (κ1) is 16.4. The van der Waals surface area contributed by atoms with E-state index in [-0.39, 0.29) is 23.0 Å². The van der Waals surface area contributed by atoms with Gasteiger partial charge in [0.25, 0.3) is 5.69 Å². The highest BCUT2D eigenvalue weighted by Gasteiger charge is 2.18. The van der Waals surface area contributed by atoms with E-state index in [2.05, 4.69) is 9.88 Å². The lowest BCUT2D eigenvalue weighted by Crippen LogP contribution is -3.00. The number of nitrogens with zero attached hydrogens (tertiary/aromatic N) is 4. The highest BCUT2D eigenvalue weighted by Crippen LogP contribution is 2.26. The number of para-hydroxylation sites is 1. The molecule has 0 spiro atoms. The van der Waals surface area contributed by atoms with Crippen molar-refractivity contribution in [3.63, 3.8) is 0 Å². The van der Waals surface area contributed by atoms with E-state index in [1.807, 2.05) is 31.7 Å². The molecule has 0 amide bonds. The van der Waals surface area contributed by atoms with Crippen LogP contribution in [0.3, 0.4) is 0 Å². The molecule has 0 saturated heterocycles. The first-order valence-corrected chi connectivity index (χ1v) is 6.25. The van der Waals surface area contributed by atoms with Gasteiger partial charge >= 0.3 is 0 Å². The molecule has 110 valence electrons. The van der Waals surface area contributed by atoms with Gasteiger partial charge in [0.05, 0.1) is 10.4 Å². The number of imidazole rings is 1. The van der Waals surface area contributed by atoms with Gasteiger partial charge in [-0.05, 0) is 40.1 Å². The molecule has 2 rings (SSSR count). The molecule has 0 fully saturated rings. The largest absolute Gasteiger partial charge is 1.00 e. The minimum Gasteiger partial charge on any atom is -1.00 e. The maximum Gasteiger partial charge on any atom is 0.295 e. The summed E-state index contributed by atoms with van der Waals surface area (Å²) in [5, 5.41) is 11.1. The Morgan fingerprint density at radius 3 is 2.70 bits per heavy atom. The van der Waals surface area contributed by atoms with Gasteiger partial charge in [-0.15, -0.1) is 0 Å². The van der Waals surface area contributed by atoms with Crippen LogP contribution in [0.15, 0.2) is 18.2 Å². The minimum atomic E-state index is -0.341. The van der Waals surface area contributed by atoms with E-state index in [0.717, 1.165) is 25.3 Å². The van der Waals surface area contributed by atoms with E-state index in [9.17, 15) is 10.1 Å². The molecule has 6 nitrogen and oxygen atoms in total. The highest BCUT2D eigenvalue weighted by molar-refractivity contribution is 5.85. The van der Waals surface area contributed by atoms with Crippen LogP contribution >= 0.6 is 0 Å². The van der Waals surface area contributed by atoms with Gasteiger partial charge in [0, 0.05) is 12.6 Å². The third-order valence-corrected chi connectivity index (χ3v) is 3.12. The first-order valence-electron chi connectivity index (χ1n) is 6.25. The molecule has 0 aliphatic rings. The summed E-state index contributed by atoms with van der Waals surface area (Å²) in [6, 6.07) is 5.03. The van der Waals surface area contributed by atoms with Crippen LogP contribution in [0.1, 0.15) is 12.2 Å². The van der Waals surface area contributed by atoms with Crippen molar-refractivity contribution >= 4 is 16.7 Å². The number of benzene rings is 1. The van der Waals surface area contributed by atoms with E-state index < -0.39 is 0 Å². The van der Waals surface area contributed by atoms with Gasteiger partial charge in [0.2, 0.25) is 0 Å². The minimum absolute atomic E-state index is 0. The predicted molar refractivity (Wildman–Crippen MR) is 74.3 cm³/mol. The lowest BCUT2D eigenvalue weighted by atomic mass is 10.2. The monoisotopic (exact) mass is 297 g/mol. The van der Waals surface area contributed by atoms with Gasteiger partial charge in [-0.25, -0.2) is 4.98 Å². The van der Waals surface area contributed by atoms with Crippen molar-refractivity contribution in [1.82, 2.24) is 14.5 Å². The summed E-state index contributed by atoms with van der Waals surface area (Å²) in [5.41, 5.74) is 1.45. The molecule has 1 aromatic heterocycles. The lowest BCUT2D eigenvalue weighted by Gasteiger charge is -2.11. The summed E-state index contributed by atoms with van der Waals surface area (Å²) in [6.45, 7) is 3.57. The predicted octanol–water partition coefficient (Wildman–Crippen LogP) is -0.791. The second kappa shape index (κ2) is 6.67. The lowest BCUT2D eigenvalue weighted by molar-refractivity contribution is -0.383. The molecular formula is C13H18ClN4O2-. The zero-order valence-electron chi connectivity index (χ0n) is 11.8. The number of hydrogen-bond acceptors (Lipinski definition) is 4. The van der Waals surface area contributed by atoms with Crippen LogP contribution in [0.2, 0.25) is 0 Å². The van der Waals surface area contributed by atoms with Crippen LogP contribution in [-0.2, 0) is 6.54 Å². The number of fused-ring (bicyclic) bond motifs is 1. The topological polar surface area (TPSA) is 64.2 Å². The van der Waals surface area contributed by atoms with E-state index in [4.69, 9.17) is 0 Å². The first-order chi connectivity index (χ1) is 9.00. The van der Waals surface area contributed by atoms with E-state index in [1.165, 1.54) is 6.07 Å². The van der Waals surface area contributed by atoms with Gasteiger partial charge in [-0.3, -0.25) is 10.1 Å². The maximum absolute atomic E-state index is 11.1. The fourth-order valence-electron chi connectivity index (χ4n) is 2.25. The molecule has 0 radical (unpaired) electrons. The smallest absolute Gasteiger partial charge is 0.295 e. The normalized spacial score (nSPS) is 10.8. The molecule has 0 unspecified atom stereocenters. The maximum atomic E-state index is 11.1. The number of aromatic nitrogens is 2. The molecule has 0 aliphatic carbocycles. The number of nitro benzene ring substituents is 1. The Bertz CT molecular complexity index is 610. The van der Waals surface area contributed by atoms with Crippen LogP contribution < -0.4 is 12.4 Å². The highest BCUT2D eigenvalue weighted by atomic mass is 35.5. The Morgan fingerprint density at radius 2 is 2.10 bits per heavy atom. The Kier molecular flexibility index (Phi) is 5.47. The number of aryl methyl sites for hydroxylation is 2. The average molecular weight is 298 g/mol. The van der Waals surface area contributed by atoms with Crippen LogP contribution in [0, 0.1) is 17.0 Å². The molecule has 1 heterocycles. The molecule has 7 heteroatoms. The summed E-state index contributed by atoms with van der Waals surface area (Å²) >= 11 is 0. The van der Waals surface area contributed by atoms with Crippen molar-refractivity contribution in [3.05, 3.63) is 34.1 Å². The zero-order chi connectivity index (χ0) is 14.0. The zero-order valence-corrected chi connectivity index (χ0v) is 12.6. The quantitative estimate of drug-likeness (QED) is 0.536. The standard InChI is InChI=1S/C13H18N4O2.ClH/c1-10-14-11-6-4-7-12(17(18)19)13(11)16(10)9-5-8-15(2)3;/h4,6-7H,5,8-9H2,1-3H3;1H/p-1. The number of halogens is 1. The summed E-state index contributed by atoms with van der Waals surface area (Å²) < 4.78 is 1.94. The summed E-state index contributed by atoms with van der Waals surface area (Å²) in [5.74, 6) is 0.822. The van der Waals surface area contributed by atoms with Gasteiger partial charge < -0.3 is 21.9 Å². The Labute approximate surface area is 124 Å². The van der Waals surface area contributed by atoms with Crippen LogP contribution in [0.4, 0.5) is 5.69 Å². The van der Waals surface area contributed by atoms with Gasteiger partial charge in [-0.2, -0.15) is 0 Å².